The van der Waals surface area contributed by atoms with Crippen LogP contribution in [-0.2, 0) is 4.79 Å². The molecule has 2 heteroatoms. The van der Waals surface area contributed by atoms with Gasteiger partial charge in [0.1, 0.15) is 0 Å². The maximum Gasteiger partial charge on any atom is 0.207 e. The van der Waals surface area contributed by atoms with Crippen molar-refractivity contribution in [3.63, 3.8) is 0 Å². The summed E-state index contributed by atoms with van der Waals surface area (Å²) in [5.74, 6) is 3.33. The summed E-state index contributed by atoms with van der Waals surface area (Å²) in [5, 5.41) is 3.28. The van der Waals surface area contributed by atoms with Crippen molar-refractivity contribution in [2.24, 2.45) is 34.5 Å². The smallest absolute Gasteiger partial charge is 0.207 e. The van der Waals surface area contributed by atoms with Crippen LogP contribution >= 0.6 is 0 Å². The van der Waals surface area contributed by atoms with Crippen molar-refractivity contribution >= 4 is 6.41 Å². The van der Waals surface area contributed by atoms with Gasteiger partial charge in [-0.05, 0) is 79.4 Å². The standard InChI is InChI=1S/C20H33NO/c1-19-9-5-7-15(19)18-16(8-11-19)20(2)10-4-3-6-14(20)12-17(18)21-13-22/h13-18H,3-12H2,1-2H3,(H,21,22)/t14?,15-,16-,17+,18-,19-,20-/m0/s1. The first-order valence-corrected chi connectivity index (χ1v) is 9.78. The molecule has 124 valence electrons. The Morgan fingerprint density at radius 3 is 2.64 bits per heavy atom. The highest BCUT2D eigenvalue weighted by Gasteiger charge is 2.59. The molecule has 2 nitrogen and oxygen atoms in total. The van der Waals surface area contributed by atoms with Gasteiger partial charge >= 0.3 is 0 Å². The van der Waals surface area contributed by atoms with Crippen LogP contribution in [0.15, 0.2) is 0 Å². The molecule has 0 heterocycles. The maximum absolute atomic E-state index is 11.2. The number of nitrogens with one attached hydrogen (secondary N) is 1. The predicted molar refractivity (Wildman–Crippen MR) is 89.3 cm³/mol. The zero-order valence-electron chi connectivity index (χ0n) is 14.4. The highest BCUT2D eigenvalue weighted by Crippen LogP contribution is 2.66. The Morgan fingerprint density at radius 2 is 1.82 bits per heavy atom. The van der Waals surface area contributed by atoms with Crippen molar-refractivity contribution in [1.29, 1.82) is 0 Å². The fourth-order valence-corrected chi connectivity index (χ4v) is 7.55. The van der Waals surface area contributed by atoms with Gasteiger partial charge in [0.15, 0.2) is 0 Å². The molecule has 0 radical (unpaired) electrons. The summed E-state index contributed by atoms with van der Waals surface area (Å²) in [6, 6.07) is 0.460. The van der Waals surface area contributed by atoms with Gasteiger partial charge in [0.2, 0.25) is 6.41 Å². The average molecular weight is 303 g/mol. The van der Waals surface area contributed by atoms with Crippen molar-refractivity contribution in [1.82, 2.24) is 5.32 Å². The van der Waals surface area contributed by atoms with E-state index in [-0.39, 0.29) is 0 Å². The van der Waals surface area contributed by atoms with Crippen LogP contribution in [0, 0.1) is 34.5 Å². The van der Waals surface area contributed by atoms with Crippen molar-refractivity contribution in [3.05, 3.63) is 0 Å². The molecule has 22 heavy (non-hydrogen) atoms. The summed E-state index contributed by atoms with van der Waals surface area (Å²) in [7, 11) is 0. The maximum atomic E-state index is 11.2. The van der Waals surface area contributed by atoms with Crippen LogP contribution in [0.3, 0.4) is 0 Å². The molecule has 4 fully saturated rings. The Kier molecular flexibility index (Phi) is 3.58. The van der Waals surface area contributed by atoms with Gasteiger partial charge in [-0.1, -0.05) is 33.1 Å². The van der Waals surface area contributed by atoms with Crippen LogP contribution in [-0.4, -0.2) is 12.5 Å². The van der Waals surface area contributed by atoms with E-state index in [1.807, 2.05) is 0 Å². The number of hydrogen-bond donors (Lipinski definition) is 1. The van der Waals surface area contributed by atoms with E-state index in [4.69, 9.17) is 0 Å². The van der Waals surface area contributed by atoms with E-state index in [2.05, 4.69) is 19.2 Å². The molecule has 1 unspecified atom stereocenters. The molecule has 0 aromatic carbocycles. The molecule has 1 N–H and O–H groups in total. The molecule has 0 bridgehead atoms. The van der Waals surface area contributed by atoms with E-state index in [0.29, 0.717) is 16.9 Å². The van der Waals surface area contributed by atoms with Gasteiger partial charge in [0.25, 0.3) is 0 Å². The number of carbonyl (C=O) groups excluding carboxylic acids is 1. The molecule has 0 aliphatic heterocycles. The molecule has 4 aliphatic carbocycles. The summed E-state index contributed by atoms with van der Waals surface area (Å²) in [5.41, 5.74) is 1.13. The summed E-state index contributed by atoms with van der Waals surface area (Å²) >= 11 is 0. The Balaban J connectivity index is 1.70. The lowest BCUT2D eigenvalue weighted by atomic mass is 9.44. The van der Waals surface area contributed by atoms with Crippen LogP contribution in [0.5, 0.6) is 0 Å². The third kappa shape index (κ3) is 2.01. The van der Waals surface area contributed by atoms with Crippen molar-refractivity contribution in [2.45, 2.75) is 84.1 Å². The normalized spacial score (nSPS) is 54.0. The van der Waals surface area contributed by atoms with E-state index in [1.54, 1.807) is 0 Å². The van der Waals surface area contributed by atoms with Crippen LogP contribution in [0.2, 0.25) is 0 Å². The second-order valence-corrected chi connectivity index (χ2v) is 9.45. The summed E-state index contributed by atoms with van der Waals surface area (Å²) in [6.07, 6.45) is 15.0. The first-order chi connectivity index (χ1) is 10.6. The summed E-state index contributed by atoms with van der Waals surface area (Å²) in [4.78, 5) is 11.2. The number of fused-ring (bicyclic) bond motifs is 5. The zero-order valence-corrected chi connectivity index (χ0v) is 14.4. The van der Waals surface area contributed by atoms with E-state index < -0.39 is 0 Å². The quantitative estimate of drug-likeness (QED) is 0.746. The van der Waals surface area contributed by atoms with Gasteiger partial charge in [0, 0.05) is 6.04 Å². The second-order valence-electron chi connectivity index (χ2n) is 9.45. The van der Waals surface area contributed by atoms with E-state index in [0.717, 1.165) is 30.1 Å². The SMILES string of the molecule is C[C@@]12CCC[C@H]1[C@@H]1[C@H](NC=O)CC3CCCC[C@]3(C)[C@H]1CC2. The van der Waals surface area contributed by atoms with E-state index >= 15 is 0 Å². The Labute approximate surface area is 135 Å². The lowest BCUT2D eigenvalue weighted by Gasteiger charge is -2.62. The fourth-order valence-electron chi connectivity index (χ4n) is 7.55. The highest BCUT2D eigenvalue weighted by molar-refractivity contribution is 5.47. The zero-order chi connectivity index (χ0) is 15.4. The monoisotopic (exact) mass is 303 g/mol. The van der Waals surface area contributed by atoms with E-state index in [9.17, 15) is 4.79 Å². The van der Waals surface area contributed by atoms with Gasteiger partial charge in [-0.3, -0.25) is 4.79 Å². The third-order valence-electron chi connectivity index (χ3n) is 8.70. The minimum absolute atomic E-state index is 0.460. The van der Waals surface area contributed by atoms with Crippen molar-refractivity contribution in [2.75, 3.05) is 0 Å². The molecule has 0 aromatic heterocycles. The Morgan fingerprint density at radius 1 is 0.955 bits per heavy atom. The number of amides is 1. The van der Waals surface area contributed by atoms with Gasteiger partial charge < -0.3 is 5.32 Å². The van der Waals surface area contributed by atoms with Gasteiger partial charge in [-0.25, -0.2) is 0 Å². The summed E-state index contributed by atoms with van der Waals surface area (Å²) < 4.78 is 0. The lowest BCUT2D eigenvalue weighted by Crippen LogP contribution is -2.60. The Hall–Kier alpha value is -0.530. The molecule has 4 rings (SSSR count). The number of hydrogen-bond acceptors (Lipinski definition) is 1. The molecule has 4 aliphatic rings. The van der Waals surface area contributed by atoms with Gasteiger partial charge in [-0.15, -0.1) is 0 Å². The topological polar surface area (TPSA) is 29.1 Å². The predicted octanol–water partition coefficient (Wildman–Crippen LogP) is 4.53. The first kappa shape index (κ1) is 15.0. The molecule has 0 saturated heterocycles. The molecule has 0 aromatic rings. The molecular formula is C20H33NO. The minimum Gasteiger partial charge on any atom is -0.356 e. The number of carbonyl (C=O) groups is 1. The van der Waals surface area contributed by atoms with Crippen molar-refractivity contribution < 1.29 is 4.79 Å². The highest BCUT2D eigenvalue weighted by atomic mass is 16.1. The molecule has 7 atom stereocenters. The van der Waals surface area contributed by atoms with E-state index in [1.165, 1.54) is 64.2 Å². The lowest BCUT2D eigenvalue weighted by molar-refractivity contribution is -0.127. The van der Waals surface area contributed by atoms with Crippen LogP contribution in [0.4, 0.5) is 0 Å². The van der Waals surface area contributed by atoms with Crippen molar-refractivity contribution in [3.8, 4) is 0 Å². The van der Waals surface area contributed by atoms with Gasteiger partial charge in [0.05, 0.1) is 0 Å². The largest absolute Gasteiger partial charge is 0.356 e. The fraction of sp³-hybridized carbons (Fsp3) is 0.950. The Bertz CT molecular complexity index is 449. The molecule has 0 spiro atoms. The average Bonchev–Trinajstić information content (AvgIpc) is 2.89. The first-order valence-electron chi connectivity index (χ1n) is 9.78. The second kappa shape index (κ2) is 5.24. The minimum atomic E-state index is 0.460. The van der Waals surface area contributed by atoms with Gasteiger partial charge in [-0.2, -0.15) is 0 Å². The number of rotatable bonds is 2. The van der Waals surface area contributed by atoms with Crippen LogP contribution in [0.1, 0.15) is 78.1 Å². The van der Waals surface area contributed by atoms with Crippen LogP contribution in [0.25, 0.3) is 0 Å². The molecule has 4 saturated carbocycles. The van der Waals surface area contributed by atoms with Crippen LogP contribution < -0.4 is 5.32 Å². The molecule has 1 amide bonds. The third-order valence-corrected chi connectivity index (χ3v) is 8.70. The summed E-state index contributed by atoms with van der Waals surface area (Å²) in [6.45, 7) is 5.16. The molecular weight excluding hydrogens is 270 g/mol.